The van der Waals surface area contributed by atoms with Gasteiger partial charge in [-0.15, -0.1) is 11.3 Å². The predicted molar refractivity (Wildman–Crippen MR) is 143 cm³/mol. The fourth-order valence-electron chi connectivity index (χ4n) is 4.86. The van der Waals surface area contributed by atoms with E-state index >= 15 is 0 Å². The molecule has 1 aromatic heterocycles. The minimum absolute atomic E-state index is 0.0186. The molecule has 0 saturated heterocycles. The molecule has 0 amide bonds. The normalized spacial score (nSPS) is 17.9. The molecular weight excluding hydrogens is 460 g/mol. The highest BCUT2D eigenvalue weighted by molar-refractivity contribution is 8.08. The summed E-state index contributed by atoms with van der Waals surface area (Å²) >= 11 is 3.18. The Balaban J connectivity index is 1.62. The second kappa shape index (κ2) is 9.96. The summed E-state index contributed by atoms with van der Waals surface area (Å²) in [5.41, 5.74) is 3.78. The van der Waals surface area contributed by atoms with Crippen LogP contribution in [-0.2, 0) is 13.0 Å². The van der Waals surface area contributed by atoms with Crippen molar-refractivity contribution in [2.24, 2.45) is 0 Å². The van der Waals surface area contributed by atoms with Crippen LogP contribution in [0.2, 0.25) is 0 Å². The van der Waals surface area contributed by atoms with Gasteiger partial charge in [-0.05, 0) is 31.0 Å². The SMILES string of the molecule is CCCCCCCN1/C(=c2\s/c(=C3/Cc4ccccc4C3=O)n(CC)c2=O)Sc2ccccc21. The number of Topliss-reactive ketones (excluding diaryl/α,β-unsaturated/α-hetero) is 1. The van der Waals surface area contributed by atoms with Crippen molar-refractivity contribution in [2.45, 2.75) is 63.8 Å². The lowest BCUT2D eigenvalue weighted by atomic mass is 10.1. The number of carbonyl (C=O) groups excluding carboxylic acids is 1. The van der Waals surface area contributed by atoms with Gasteiger partial charge in [0, 0.05) is 35.5 Å². The Labute approximate surface area is 208 Å². The van der Waals surface area contributed by atoms with E-state index in [0.717, 1.165) is 43.9 Å². The lowest BCUT2D eigenvalue weighted by Crippen LogP contribution is -2.35. The molecule has 4 nitrogen and oxygen atoms in total. The van der Waals surface area contributed by atoms with E-state index in [0.29, 0.717) is 13.0 Å². The number of anilines is 1. The first kappa shape index (κ1) is 23.2. The molecule has 1 aliphatic carbocycles. The monoisotopic (exact) mass is 490 g/mol. The van der Waals surface area contributed by atoms with E-state index in [2.05, 4.69) is 36.1 Å². The topological polar surface area (TPSA) is 42.3 Å². The van der Waals surface area contributed by atoms with Crippen LogP contribution in [0.4, 0.5) is 5.69 Å². The van der Waals surface area contributed by atoms with Crippen molar-refractivity contribution in [1.29, 1.82) is 0 Å². The number of benzene rings is 2. The average Bonchev–Trinajstić information content (AvgIpc) is 3.50. The van der Waals surface area contributed by atoms with Crippen LogP contribution in [0.3, 0.4) is 0 Å². The van der Waals surface area contributed by atoms with Gasteiger partial charge in [0.15, 0.2) is 5.78 Å². The zero-order valence-electron chi connectivity index (χ0n) is 19.8. The molecule has 1 aliphatic heterocycles. The maximum atomic E-state index is 13.6. The van der Waals surface area contributed by atoms with Crippen molar-refractivity contribution in [1.82, 2.24) is 4.57 Å². The summed E-state index contributed by atoms with van der Waals surface area (Å²) in [4.78, 5) is 30.4. The molecule has 3 aromatic rings. The Kier molecular flexibility index (Phi) is 6.79. The van der Waals surface area contributed by atoms with Crippen LogP contribution in [0.15, 0.2) is 58.2 Å². The molecular formula is C28H30N2O2S2. The van der Waals surface area contributed by atoms with E-state index in [1.165, 1.54) is 47.6 Å². The summed E-state index contributed by atoms with van der Waals surface area (Å²) in [5.74, 6) is 0.0609. The Hall–Kier alpha value is -2.57. The van der Waals surface area contributed by atoms with E-state index in [-0.39, 0.29) is 11.3 Å². The molecule has 0 N–H and O–H groups in total. The van der Waals surface area contributed by atoms with Gasteiger partial charge in [0.2, 0.25) is 0 Å². The van der Waals surface area contributed by atoms with Crippen molar-refractivity contribution in [3.8, 4) is 0 Å². The second-order valence-electron chi connectivity index (χ2n) is 8.87. The van der Waals surface area contributed by atoms with Gasteiger partial charge in [-0.1, -0.05) is 80.8 Å². The van der Waals surface area contributed by atoms with E-state index < -0.39 is 0 Å². The highest BCUT2D eigenvalue weighted by Gasteiger charge is 2.29. The molecule has 0 fully saturated rings. The molecule has 0 bridgehead atoms. The van der Waals surface area contributed by atoms with Crippen LogP contribution >= 0.6 is 23.1 Å². The van der Waals surface area contributed by atoms with Gasteiger partial charge in [-0.25, -0.2) is 0 Å². The molecule has 34 heavy (non-hydrogen) atoms. The number of fused-ring (bicyclic) bond motifs is 2. The van der Waals surface area contributed by atoms with Crippen molar-refractivity contribution in [3.05, 3.63) is 79.2 Å². The molecule has 0 spiro atoms. The fourth-order valence-corrected chi connectivity index (χ4v) is 7.42. The number of thiazole rings is 1. The van der Waals surface area contributed by atoms with E-state index in [9.17, 15) is 9.59 Å². The minimum Gasteiger partial charge on any atom is -0.334 e. The number of thioether (sulfide) groups is 1. The lowest BCUT2D eigenvalue weighted by Gasteiger charge is -2.19. The Bertz CT molecular complexity index is 1420. The van der Waals surface area contributed by atoms with Crippen molar-refractivity contribution in [3.63, 3.8) is 0 Å². The smallest absolute Gasteiger partial charge is 0.271 e. The van der Waals surface area contributed by atoms with Gasteiger partial charge in [-0.2, -0.15) is 0 Å². The van der Waals surface area contributed by atoms with Crippen molar-refractivity contribution < 1.29 is 4.79 Å². The highest BCUT2D eigenvalue weighted by Crippen LogP contribution is 2.46. The zero-order chi connectivity index (χ0) is 23.7. The number of para-hydroxylation sites is 1. The fraction of sp³-hybridized carbons (Fsp3) is 0.357. The standard InChI is InChI=1S/C28H30N2O2S2/c1-3-5-6-7-12-17-30-22-15-10-11-16-23(22)33-28(30)25-26(32)29(4-2)27(34-25)21-18-19-13-8-9-14-20(19)24(21)31/h8-11,13-16H,3-7,12,17-18H2,1-2H3/b27-21-,28-25+. The first-order chi connectivity index (χ1) is 16.6. The molecule has 2 aromatic carbocycles. The summed E-state index contributed by atoms with van der Waals surface area (Å²) < 4.78 is 3.37. The highest BCUT2D eigenvalue weighted by atomic mass is 32.2. The van der Waals surface area contributed by atoms with Gasteiger partial charge in [0.05, 0.1) is 5.69 Å². The van der Waals surface area contributed by atoms with Crippen molar-refractivity contribution in [2.75, 3.05) is 11.4 Å². The van der Waals surface area contributed by atoms with E-state index in [1.54, 1.807) is 16.3 Å². The Morgan fingerprint density at radius 3 is 2.47 bits per heavy atom. The molecule has 0 radical (unpaired) electrons. The quantitative estimate of drug-likeness (QED) is 0.429. The molecule has 2 heterocycles. The van der Waals surface area contributed by atoms with Gasteiger partial charge in [0.1, 0.15) is 14.2 Å². The molecule has 6 heteroatoms. The van der Waals surface area contributed by atoms with Crippen LogP contribution in [0.25, 0.3) is 10.6 Å². The number of rotatable bonds is 7. The lowest BCUT2D eigenvalue weighted by molar-refractivity contribution is 0.105. The number of hydrogen-bond acceptors (Lipinski definition) is 5. The summed E-state index contributed by atoms with van der Waals surface area (Å²) in [6.45, 7) is 5.68. The van der Waals surface area contributed by atoms with Gasteiger partial charge in [-0.3, -0.25) is 14.2 Å². The van der Waals surface area contributed by atoms with Crippen LogP contribution < -0.4 is 19.7 Å². The Morgan fingerprint density at radius 1 is 0.912 bits per heavy atom. The van der Waals surface area contributed by atoms with Crippen molar-refractivity contribution >= 4 is 45.2 Å². The minimum atomic E-state index is 0.0186. The molecule has 0 unspecified atom stereocenters. The largest absolute Gasteiger partial charge is 0.334 e. The van der Waals surface area contributed by atoms with Gasteiger partial charge >= 0.3 is 0 Å². The third-order valence-corrected chi connectivity index (χ3v) is 9.19. The molecule has 5 rings (SSSR count). The van der Waals surface area contributed by atoms with Crippen LogP contribution in [0.5, 0.6) is 0 Å². The third kappa shape index (κ3) is 4.07. The van der Waals surface area contributed by atoms with Gasteiger partial charge in [0.25, 0.3) is 5.56 Å². The maximum Gasteiger partial charge on any atom is 0.271 e. The molecule has 176 valence electrons. The number of carbonyl (C=O) groups is 1. The summed E-state index contributed by atoms with van der Waals surface area (Å²) in [6, 6.07) is 16.2. The summed E-state index contributed by atoms with van der Waals surface area (Å²) in [7, 11) is 0. The third-order valence-electron chi connectivity index (χ3n) is 6.65. The zero-order valence-corrected chi connectivity index (χ0v) is 21.4. The predicted octanol–water partition coefficient (Wildman–Crippen LogP) is 5.17. The maximum absolute atomic E-state index is 13.6. The van der Waals surface area contributed by atoms with Crippen LogP contribution in [-0.4, -0.2) is 16.9 Å². The van der Waals surface area contributed by atoms with Crippen LogP contribution in [0, 0.1) is 0 Å². The number of hydrogen-bond donors (Lipinski definition) is 0. The second-order valence-corrected chi connectivity index (χ2v) is 10.9. The van der Waals surface area contributed by atoms with Crippen LogP contribution in [0.1, 0.15) is 61.9 Å². The number of aromatic nitrogens is 1. The van der Waals surface area contributed by atoms with E-state index in [4.69, 9.17) is 0 Å². The summed E-state index contributed by atoms with van der Waals surface area (Å²) in [6.07, 6.45) is 6.65. The van der Waals surface area contributed by atoms with Gasteiger partial charge < -0.3 is 4.90 Å². The first-order valence-corrected chi connectivity index (χ1v) is 13.9. The average molecular weight is 491 g/mol. The first-order valence-electron chi connectivity index (χ1n) is 12.3. The molecule has 2 aliphatic rings. The summed E-state index contributed by atoms with van der Waals surface area (Å²) in [5, 5.41) is 1.02. The number of ketones is 1. The molecule has 0 saturated carbocycles. The van der Waals surface area contributed by atoms with E-state index in [1.807, 2.05) is 31.2 Å². The number of unbranched alkanes of at least 4 members (excludes halogenated alkanes) is 4. The molecule has 0 atom stereocenters. The number of nitrogens with zero attached hydrogens (tertiary/aromatic N) is 2. The Morgan fingerprint density at radius 2 is 1.68 bits per heavy atom.